The van der Waals surface area contributed by atoms with Gasteiger partial charge in [0.1, 0.15) is 0 Å². The Kier molecular flexibility index (Phi) is 26.9. The predicted octanol–water partition coefficient (Wildman–Crippen LogP) is 4.72. The number of carboxylic acids is 2. The van der Waals surface area contributed by atoms with Crippen LogP contribution in [0.15, 0.2) is 0 Å². The molecule has 0 aromatic heterocycles. The van der Waals surface area contributed by atoms with E-state index in [2.05, 4.69) is 13.8 Å². The lowest BCUT2D eigenvalue weighted by Gasteiger charge is -1.90. The minimum atomic E-state index is -0.711. The fourth-order valence-electron chi connectivity index (χ4n) is 1.10. The van der Waals surface area contributed by atoms with E-state index >= 15 is 0 Å². The first-order valence-corrected chi connectivity index (χ1v) is 7.39. The van der Waals surface area contributed by atoms with E-state index in [0.717, 1.165) is 12.8 Å². The van der Waals surface area contributed by atoms with Crippen molar-refractivity contribution in [3.05, 3.63) is 0 Å². The lowest BCUT2D eigenvalue weighted by Crippen LogP contribution is -1.90. The van der Waals surface area contributed by atoms with Crippen LogP contribution >= 0.6 is 0 Å². The van der Waals surface area contributed by atoms with Gasteiger partial charge in [-0.05, 0) is 12.8 Å². The molecule has 0 aliphatic carbocycles. The number of rotatable bonds is 8. The Morgan fingerprint density at radius 1 is 0.632 bits per heavy atom. The fraction of sp³-hybridized carbons (Fsp3) is 0.867. The van der Waals surface area contributed by atoms with Gasteiger partial charge in [-0.25, -0.2) is 0 Å². The SMILES string of the molecule is CCCC(=O)O.CCCC(=O)O.CCCCCCC. The van der Waals surface area contributed by atoms with Gasteiger partial charge in [0, 0.05) is 12.8 Å². The third-order valence-electron chi connectivity index (χ3n) is 2.13. The van der Waals surface area contributed by atoms with E-state index in [1.165, 1.54) is 32.1 Å². The van der Waals surface area contributed by atoms with Crippen molar-refractivity contribution in [3.8, 4) is 0 Å². The van der Waals surface area contributed by atoms with E-state index in [9.17, 15) is 9.59 Å². The molecular formula is C15H32O4. The Hall–Kier alpha value is -1.06. The highest BCUT2D eigenvalue weighted by molar-refractivity contribution is 5.66. The average molecular weight is 276 g/mol. The van der Waals surface area contributed by atoms with Crippen molar-refractivity contribution in [2.45, 2.75) is 85.5 Å². The highest BCUT2D eigenvalue weighted by Gasteiger charge is 1.88. The molecule has 0 bridgehead atoms. The molecule has 0 aliphatic rings. The predicted molar refractivity (Wildman–Crippen MR) is 79.5 cm³/mol. The third-order valence-corrected chi connectivity index (χ3v) is 2.13. The molecule has 0 aliphatic heterocycles. The normalized spacial score (nSPS) is 8.63. The van der Waals surface area contributed by atoms with Crippen LogP contribution in [0.2, 0.25) is 0 Å². The van der Waals surface area contributed by atoms with Crippen molar-refractivity contribution >= 4 is 11.9 Å². The van der Waals surface area contributed by atoms with Gasteiger partial charge in [0.25, 0.3) is 0 Å². The molecule has 4 heteroatoms. The van der Waals surface area contributed by atoms with E-state index < -0.39 is 11.9 Å². The second-order valence-electron chi connectivity index (χ2n) is 4.35. The van der Waals surface area contributed by atoms with Gasteiger partial charge in [0.05, 0.1) is 0 Å². The third kappa shape index (κ3) is 47.3. The molecular weight excluding hydrogens is 244 g/mol. The van der Waals surface area contributed by atoms with Crippen LogP contribution in [0.3, 0.4) is 0 Å². The van der Waals surface area contributed by atoms with E-state index in [-0.39, 0.29) is 0 Å². The number of unbranched alkanes of at least 4 members (excludes halogenated alkanes) is 4. The van der Waals surface area contributed by atoms with Crippen molar-refractivity contribution in [3.63, 3.8) is 0 Å². The van der Waals surface area contributed by atoms with E-state index in [0.29, 0.717) is 12.8 Å². The molecule has 0 spiro atoms. The Balaban J connectivity index is -0.000000203. The molecule has 0 saturated carbocycles. The number of hydrogen-bond acceptors (Lipinski definition) is 2. The van der Waals surface area contributed by atoms with Crippen LogP contribution in [0.25, 0.3) is 0 Å². The summed E-state index contributed by atoms with van der Waals surface area (Å²) in [6, 6.07) is 0. The summed E-state index contributed by atoms with van der Waals surface area (Å²) in [5, 5.41) is 15.8. The van der Waals surface area contributed by atoms with Gasteiger partial charge in [0.15, 0.2) is 0 Å². The van der Waals surface area contributed by atoms with Crippen molar-refractivity contribution in [2.75, 3.05) is 0 Å². The Morgan fingerprint density at radius 3 is 1.05 bits per heavy atom. The van der Waals surface area contributed by atoms with Crippen molar-refractivity contribution in [1.29, 1.82) is 0 Å². The maximum atomic E-state index is 9.60. The number of carboxylic acid groups (broad SMARTS) is 2. The zero-order valence-corrected chi connectivity index (χ0v) is 13.1. The first-order chi connectivity index (χ1) is 8.95. The van der Waals surface area contributed by atoms with Gasteiger partial charge in [-0.15, -0.1) is 0 Å². The van der Waals surface area contributed by atoms with Crippen molar-refractivity contribution in [1.82, 2.24) is 0 Å². The maximum absolute atomic E-state index is 9.60. The molecule has 2 N–H and O–H groups in total. The fourth-order valence-corrected chi connectivity index (χ4v) is 1.10. The Labute approximate surface area is 118 Å². The molecule has 0 aromatic rings. The van der Waals surface area contributed by atoms with Crippen molar-refractivity contribution in [2.24, 2.45) is 0 Å². The van der Waals surface area contributed by atoms with Crippen LogP contribution in [0.4, 0.5) is 0 Å². The highest BCUT2D eigenvalue weighted by Crippen LogP contribution is 2.00. The van der Waals surface area contributed by atoms with Gasteiger partial charge in [0.2, 0.25) is 0 Å². The second kappa shape index (κ2) is 22.1. The molecule has 0 amide bonds. The number of hydrogen-bond donors (Lipinski definition) is 2. The zero-order chi connectivity index (χ0) is 15.5. The molecule has 19 heavy (non-hydrogen) atoms. The smallest absolute Gasteiger partial charge is 0.303 e. The minimum Gasteiger partial charge on any atom is -0.481 e. The van der Waals surface area contributed by atoms with Gasteiger partial charge >= 0.3 is 11.9 Å². The first kappa shape index (κ1) is 23.1. The van der Waals surface area contributed by atoms with Crippen LogP contribution in [-0.2, 0) is 9.59 Å². The lowest BCUT2D eigenvalue weighted by molar-refractivity contribution is -0.138. The Bertz CT molecular complexity index is 171. The molecule has 0 saturated heterocycles. The summed E-state index contributed by atoms with van der Waals surface area (Å²) in [7, 11) is 0. The van der Waals surface area contributed by atoms with Gasteiger partial charge in [-0.2, -0.15) is 0 Å². The van der Waals surface area contributed by atoms with E-state index in [1.807, 2.05) is 13.8 Å². The molecule has 0 fully saturated rings. The monoisotopic (exact) mass is 276 g/mol. The zero-order valence-electron chi connectivity index (χ0n) is 13.1. The summed E-state index contributed by atoms with van der Waals surface area (Å²) in [5.41, 5.74) is 0. The van der Waals surface area contributed by atoms with Crippen LogP contribution in [0.1, 0.15) is 85.5 Å². The molecule has 116 valence electrons. The summed E-state index contributed by atoms with van der Waals surface area (Å²) < 4.78 is 0. The van der Waals surface area contributed by atoms with Crippen LogP contribution in [0, 0.1) is 0 Å². The summed E-state index contributed by atoms with van der Waals surface area (Å²) >= 11 is 0. The number of carbonyl (C=O) groups is 2. The summed E-state index contributed by atoms with van der Waals surface area (Å²) in [5.74, 6) is -1.42. The van der Waals surface area contributed by atoms with E-state index in [1.54, 1.807) is 0 Å². The molecule has 0 radical (unpaired) electrons. The number of aliphatic carboxylic acids is 2. The summed E-state index contributed by atoms with van der Waals surface area (Å²) in [6.45, 7) is 8.17. The van der Waals surface area contributed by atoms with Crippen molar-refractivity contribution < 1.29 is 19.8 Å². The van der Waals surface area contributed by atoms with Gasteiger partial charge < -0.3 is 10.2 Å². The Morgan fingerprint density at radius 2 is 0.947 bits per heavy atom. The standard InChI is InChI=1S/C7H16.2C4H8O2/c1-3-5-7-6-4-2;2*1-2-3-4(5)6/h3-7H2,1-2H3;2*2-3H2,1H3,(H,5,6). The van der Waals surface area contributed by atoms with Crippen LogP contribution in [0.5, 0.6) is 0 Å². The summed E-state index contributed by atoms with van der Waals surface area (Å²) in [4.78, 5) is 19.2. The maximum Gasteiger partial charge on any atom is 0.303 e. The average Bonchev–Trinajstić information content (AvgIpc) is 2.31. The second-order valence-corrected chi connectivity index (χ2v) is 4.35. The largest absolute Gasteiger partial charge is 0.481 e. The first-order valence-electron chi connectivity index (χ1n) is 7.39. The molecule has 4 nitrogen and oxygen atoms in total. The molecule has 0 unspecified atom stereocenters. The summed E-state index contributed by atoms with van der Waals surface area (Å²) in [6.07, 6.45) is 9.05. The topological polar surface area (TPSA) is 74.6 Å². The van der Waals surface area contributed by atoms with Crippen LogP contribution < -0.4 is 0 Å². The quantitative estimate of drug-likeness (QED) is 0.629. The lowest BCUT2D eigenvalue weighted by atomic mass is 10.2. The molecule has 0 atom stereocenters. The van der Waals surface area contributed by atoms with Crippen LogP contribution in [-0.4, -0.2) is 22.2 Å². The minimum absolute atomic E-state index is 0.292. The van der Waals surface area contributed by atoms with Gasteiger partial charge in [-0.1, -0.05) is 59.8 Å². The molecule has 0 aromatic carbocycles. The molecule has 0 rings (SSSR count). The highest BCUT2D eigenvalue weighted by atomic mass is 16.4. The molecule has 0 heterocycles. The van der Waals surface area contributed by atoms with E-state index in [4.69, 9.17) is 10.2 Å². The van der Waals surface area contributed by atoms with Gasteiger partial charge in [-0.3, -0.25) is 9.59 Å².